The molecule has 0 saturated carbocycles. The lowest BCUT2D eigenvalue weighted by atomic mass is 10.2. The number of nitrogens with two attached hydrogens (primary N) is 1. The molecule has 2 rings (SSSR count). The second-order valence-electron chi connectivity index (χ2n) is 2.80. The van der Waals surface area contributed by atoms with Gasteiger partial charge in [0.05, 0.1) is 25.5 Å². The van der Waals surface area contributed by atoms with Gasteiger partial charge in [-0.15, -0.1) is 0 Å². The van der Waals surface area contributed by atoms with Gasteiger partial charge in [0.2, 0.25) is 0 Å². The summed E-state index contributed by atoms with van der Waals surface area (Å²) in [7, 11) is 0. The molecule has 5 nitrogen and oxygen atoms in total. The fourth-order valence-electron chi connectivity index (χ4n) is 1.22. The molecule has 1 aliphatic heterocycles. The average Bonchev–Trinajstić information content (AvgIpc) is 2.19. The predicted octanol–water partition coefficient (Wildman–Crippen LogP) is 0.147. The van der Waals surface area contributed by atoms with Gasteiger partial charge in [-0.1, -0.05) is 0 Å². The van der Waals surface area contributed by atoms with Crippen molar-refractivity contribution < 1.29 is 9.47 Å². The Morgan fingerprint density at radius 1 is 1.38 bits per heavy atom. The maximum atomic E-state index is 5.52. The third kappa shape index (κ3) is 1.93. The van der Waals surface area contributed by atoms with E-state index in [1.807, 2.05) is 0 Å². The van der Waals surface area contributed by atoms with Crippen LogP contribution in [0, 0.1) is 0 Å². The molecule has 0 bridgehead atoms. The Bertz CT molecular complexity index is 286. The number of ether oxygens (including phenoxy) is 2. The smallest absolute Gasteiger partial charge is 0.127 e. The summed E-state index contributed by atoms with van der Waals surface area (Å²) in [6.07, 6.45) is 1.34. The van der Waals surface area contributed by atoms with Crippen LogP contribution in [0.2, 0.25) is 0 Å². The Hall–Kier alpha value is -1.20. The third-order valence-corrected chi connectivity index (χ3v) is 1.86. The summed E-state index contributed by atoms with van der Waals surface area (Å²) in [6.45, 7) is 1.79. The second kappa shape index (κ2) is 3.68. The first-order valence-electron chi connectivity index (χ1n) is 4.13. The monoisotopic (exact) mass is 181 g/mol. The summed E-state index contributed by atoms with van der Waals surface area (Å²) in [5.74, 6) is 0.458. The van der Waals surface area contributed by atoms with Gasteiger partial charge in [-0.2, -0.15) is 0 Å². The quantitative estimate of drug-likeness (QED) is 0.667. The molecule has 13 heavy (non-hydrogen) atoms. The molecule has 1 aromatic heterocycles. The van der Waals surface area contributed by atoms with Crippen LogP contribution in [0.15, 0.2) is 12.4 Å². The van der Waals surface area contributed by atoms with Crippen molar-refractivity contribution in [2.24, 2.45) is 0 Å². The first kappa shape index (κ1) is 8.40. The van der Waals surface area contributed by atoms with E-state index in [1.54, 1.807) is 6.07 Å². The zero-order chi connectivity index (χ0) is 9.10. The van der Waals surface area contributed by atoms with Crippen molar-refractivity contribution in [3.8, 4) is 0 Å². The minimum atomic E-state index is -0.0981. The zero-order valence-corrected chi connectivity index (χ0v) is 7.14. The highest BCUT2D eigenvalue weighted by molar-refractivity contribution is 5.28. The summed E-state index contributed by atoms with van der Waals surface area (Å²) in [5, 5.41) is 0. The molecule has 5 heteroatoms. The van der Waals surface area contributed by atoms with Crippen LogP contribution in [-0.2, 0) is 9.47 Å². The van der Waals surface area contributed by atoms with Gasteiger partial charge in [0, 0.05) is 6.07 Å². The van der Waals surface area contributed by atoms with Crippen LogP contribution in [0.5, 0.6) is 0 Å². The molecule has 70 valence electrons. The molecule has 1 atom stereocenters. The minimum Gasteiger partial charge on any atom is -0.384 e. The van der Waals surface area contributed by atoms with Gasteiger partial charge in [-0.05, 0) is 0 Å². The minimum absolute atomic E-state index is 0.0981. The number of nitrogens with zero attached hydrogens (tertiary/aromatic N) is 2. The topological polar surface area (TPSA) is 70.3 Å². The van der Waals surface area contributed by atoms with Crippen LogP contribution in [-0.4, -0.2) is 29.8 Å². The fourth-order valence-corrected chi connectivity index (χ4v) is 1.22. The van der Waals surface area contributed by atoms with Crippen LogP contribution in [0.1, 0.15) is 11.8 Å². The van der Waals surface area contributed by atoms with Gasteiger partial charge in [0.15, 0.2) is 0 Å². The van der Waals surface area contributed by atoms with Crippen molar-refractivity contribution >= 4 is 5.82 Å². The Balaban J connectivity index is 2.14. The maximum Gasteiger partial charge on any atom is 0.127 e. The molecule has 1 unspecified atom stereocenters. The zero-order valence-electron chi connectivity index (χ0n) is 7.14. The molecule has 1 saturated heterocycles. The van der Waals surface area contributed by atoms with E-state index >= 15 is 0 Å². The largest absolute Gasteiger partial charge is 0.384 e. The molecule has 0 radical (unpaired) electrons. The summed E-state index contributed by atoms with van der Waals surface area (Å²) in [5.41, 5.74) is 6.30. The van der Waals surface area contributed by atoms with E-state index in [0.717, 1.165) is 5.69 Å². The summed E-state index contributed by atoms with van der Waals surface area (Å²) < 4.78 is 10.7. The molecule has 0 aromatic carbocycles. The Kier molecular flexibility index (Phi) is 2.37. The predicted molar refractivity (Wildman–Crippen MR) is 46.0 cm³/mol. The van der Waals surface area contributed by atoms with Crippen molar-refractivity contribution in [2.45, 2.75) is 6.10 Å². The molecule has 0 aliphatic carbocycles. The maximum absolute atomic E-state index is 5.52. The van der Waals surface area contributed by atoms with Gasteiger partial charge in [-0.3, -0.25) is 0 Å². The molecule has 1 aromatic rings. The van der Waals surface area contributed by atoms with E-state index in [1.165, 1.54) is 6.33 Å². The standard InChI is InChI=1S/C8H11N3O2/c9-8-3-6(10-5-11-8)7-4-12-1-2-13-7/h3,5,7H,1-2,4H2,(H2,9,10,11). The van der Waals surface area contributed by atoms with Crippen LogP contribution >= 0.6 is 0 Å². The molecule has 2 heterocycles. The highest BCUT2D eigenvalue weighted by Crippen LogP contribution is 2.18. The number of rotatable bonds is 1. The number of aromatic nitrogens is 2. The van der Waals surface area contributed by atoms with E-state index in [2.05, 4.69) is 9.97 Å². The first-order valence-corrected chi connectivity index (χ1v) is 4.13. The normalized spacial score (nSPS) is 22.9. The van der Waals surface area contributed by atoms with Crippen LogP contribution in [0.3, 0.4) is 0 Å². The third-order valence-electron chi connectivity index (χ3n) is 1.86. The average molecular weight is 181 g/mol. The van der Waals surface area contributed by atoms with Gasteiger partial charge in [0.1, 0.15) is 18.2 Å². The molecular weight excluding hydrogens is 170 g/mol. The number of hydrogen-bond donors (Lipinski definition) is 1. The molecular formula is C8H11N3O2. The van der Waals surface area contributed by atoms with E-state index in [-0.39, 0.29) is 6.10 Å². The van der Waals surface area contributed by atoms with Crippen LogP contribution < -0.4 is 5.73 Å². The number of nitrogen functional groups attached to an aromatic ring is 1. The summed E-state index contributed by atoms with van der Waals surface area (Å²) >= 11 is 0. The lowest BCUT2D eigenvalue weighted by Crippen LogP contribution is -2.22. The Morgan fingerprint density at radius 3 is 3.00 bits per heavy atom. The number of anilines is 1. The van der Waals surface area contributed by atoms with Crippen molar-refractivity contribution in [3.63, 3.8) is 0 Å². The van der Waals surface area contributed by atoms with E-state index < -0.39 is 0 Å². The van der Waals surface area contributed by atoms with Gasteiger partial charge >= 0.3 is 0 Å². The van der Waals surface area contributed by atoms with Crippen molar-refractivity contribution in [3.05, 3.63) is 18.1 Å². The lowest BCUT2D eigenvalue weighted by Gasteiger charge is -2.22. The highest BCUT2D eigenvalue weighted by atomic mass is 16.6. The van der Waals surface area contributed by atoms with E-state index in [4.69, 9.17) is 15.2 Å². The van der Waals surface area contributed by atoms with Gasteiger partial charge < -0.3 is 15.2 Å². The first-order chi connectivity index (χ1) is 6.36. The van der Waals surface area contributed by atoms with E-state index in [9.17, 15) is 0 Å². The number of hydrogen-bond acceptors (Lipinski definition) is 5. The lowest BCUT2D eigenvalue weighted by molar-refractivity contribution is -0.0917. The molecule has 0 amide bonds. The molecule has 2 N–H and O–H groups in total. The molecule has 0 spiro atoms. The van der Waals surface area contributed by atoms with Gasteiger partial charge in [0.25, 0.3) is 0 Å². The fraction of sp³-hybridized carbons (Fsp3) is 0.500. The highest BCUT2D eigenvalue weighted by Gasteiger charge is 2.17. The van der Waals surface area contributed by atoms with Crippen LogP contribution in [0.4, 0.5) is 5.82 Å². The second-order valence-corrected chi connectivity index (χ2v) is 2.80. The van der Waals surface area contributed by atoms with Crippen molar-refractivity contribution in [2.75, 3.05) is 25.6 Å². The van der Waals surface area contributed by atoms with Crippen molar-refractivity contribution in [1.82, 2.24) is 9.97 Å². The Labute approximate surface area is 75.9 Å². The van der Waals surface area contributed by atoms with Crippen LogP contribution in [0.25, 0.3) is 0 Å². The molecule has 1 fully saturated rings. The Morgan fingerprint density at radius 2 is 2.31 bits per heavy atom. The van der Waals surface area contributed by atoms with E-state index in [0.29, 0.717) is 25.6 Å². The molecule has 1 aliphatic rings. The SMILES string of the molecule is Nc1cc(C2COCCO2)ncn1. The summed E-state index contributed by atoms with van der Waals surface area (Å²) in [6, 6.07) is 1.71. The summed E-state index contributed by atoms with van der Waals surface area (Å²) in [4.78, 5) is 7.87. The van der Waals surface area contributed by atoms with Gasteiger partial charge in [-0.25, -0.2) is 9.97 Å². The van der Waals surface area contributed by atoms with Crippen molar-refractivity contribution in [1.29, 1.82) is 0 Å².